The van der Waals surface area contributed by atoms with Crippen LogP contribution in [0, 0.1) is 22.9 Å². The molecule has 0 saturated carbocycles. The first-order valence-corrected chi connectivity index (χ1v) is 8.47. The highest BCUT2D eigenvalue weighted by Crippen LogP contribution is 2.25. The molecule has 2 rings (SSSR count). The lowest BCUT2D eigenvalue weighted by atomic mass is 10.2. The molecule has 0 heterocycles. The summed E-state index contributed by atoms with van der Waals surface area (Å²) in [4.78, 5) is 22.2. The summed E-state index contributed by atoms with van der Waals surface area (Å²) in [6.07, 6.45) is 0. The second-order valence-electron chi connectivity index (χ2n) is 5.00. The van der Waals surface area contributed by atoms with E-state index in [2.05, 4.69) is 5.32 Å². The van der Waals surface area contributed by atoms with E-state index in [0.717, 1.165) is 5.56 Å². The van der Waals surface area contributed by atoms with E-state index in [4.69, 9.17) is 11.6 Å². The second kappa shape index (κ2) is 8.12. The zero-order chi connectivity index (χ0) is 17.7. The molecule has 2 aromatic rings. The highest BCUT2D eigenvalue weighted by molar-refractivity contribution is 7.99. The molecule has 5 nitrogen and oxygen atoms in total. The smallest absolute Gasteiger partial charge is 0.271 e. The molecule has 1 amide bonds. The SMILES string of the molecule is Cc1ccc([N+](=O)[O-])cc1NC(=O)CSCc1c(F)cccc1Cl. The highest BCUT2D eigenvalue weighted by atomic mass is 35.5. The number of nitrogens with one attached hydrogen (secondary N) is 1. The van der Waals surface area contributed by atoms with Crippen molar-refractivity contribution in [3.05, 3.63) is 68.5 Å². The zero-order valence-corrected chi connectivity index (χ0v) is 14.3. The van der Waals surface area contributed by atoms with Gasteiger partial charge in [0.25, 0.3) is 5.69 Å². The number of non-ortho nitro benzene ring substituents is 1. The summed E-state index contributed by atoms with van der Waals surface area (Å²) in [5.41, 5.74) is 1.36. The third kappa shape index (κ3) is 4.69. The average Bonchev–Trinajstić information content (AvgIpc) is 2.52. The molecule has 0 atom stereocenters. The van der Waals surface area contributed by atoms with Gasteiger partial charge in [-0.05, 0) is 24.6 Å². The van der Waals surface area contributed by atoms with Gasteiger partial charge in [-0.25, -0.2) is 4.39 Å². The van der Waals surface area contributed by atoms with Crippen molar-refractivity contribution in [3.8, 4) is 0 Å². The minimum atomic E-state index is -0.524. The number of benzene rings is 2. The number of rotatable bonds is 6. The van der Waals surface area contributed by atoms with Gasteiger partial charge in [-0.2, -0.15) is 0 Å². The number of amides is 1. The number of hydrogen-bond acceptors (Lipinski definition) is 4. The summed E-state index contributed by atoms with van der Waals surface area (Å²) in [6.45, 7) is 1.74. The molecule has 0 aromatic heterocycles. The number of nitro benzene ring substituents is 1. The first-order valence-electron chi connectivity index (χ1n) is 6.94. The van der Waals surface area contributed by atoms with Crippen molar-refractivity contribution in [2.24, 2.45) is 0 Å². The van der Waals surface area contributed by atoms with Crippen molar-refractivity contribution in [1.82, 2.24) is 0 Å². The van der Waals surface area contributed by atoms with Gasteiger partial charge >= 0.3 is 0 Å². The van der Waals surface area contributed by atoms with E-state index in [-0.39, 0.29) is 23.1 Å². The quantitative estimate of drug-likeness (QED) is 0.599. The van der Waals surface area contributed by atoms with Crippen LogP contribution in [-0.4, -0.2) is 16.6 Å². The standard InChI is InChI=1S/C16H14ClFN2O3S/c1-10-5-6-11(20(22)23)7-15(10)19-16(21)9-24-8-12-13(17)3-2-4-14(12)18/h2-7H,8-9H2,1H3,(H,19,21). The second-order valence-corrected chi connectivity index (χ2v) is 6.39. The fraction of sp³-hybridized carbons (Fsp3) is 0.188. The molecule has 0 saturated heterocycles. The van der Waals surface area contributed by atoms with Crippen molar-refractivity contribution in [3.63, 3.8) is 0 Å². The maximum atomic E-state index is 13.6. The molecule has 2 aromatic carbocycles. The van der Waals surface area contributed by atoms with E-state index in [1.165, 1.54) is 36.0 Å². The van der Waals surface area contributed by atoms with Crippen molar-refractivity contribution < 1.29 is 14.1 Å². The Morgan fingerprint density at radius 3 is 2.79 bits per heavy atom. The molecule has 0 aliphatic heterocycles. The topological polar surface area (TPSA) is 72.2 Å². The average molecular weight is 369 g/mol. The maximum Gasteiger partial charge on any atom is 0.271 e. The molecular weight excluding hydrogens is 355 g/mol. The monoisotopic (exact) mass is 368 g/mol. The van der Waals surface area contributed by atoms with Crippen LogP contribution in [-0.2, 0) is 10.5 Å². The largest absolute Gasteiger partial charge is 0.325 e. The summed E-state index contributed by atoms with van der Waals surface area (Å²) < 4.78 is 13.6. The minimum absolute atomic E-state index is 0.0762. The number of thioether (sulfide) groups is 1. The van der Waals surface area contributed by atoms with E-state index in [1.807, 2.05) is 0 Å². The summed E-state index contributed by atoms with van der Waals surface area (Å²) in [6, 6.07) is 8.68. The summed E-state index contributed by atoms with van der Waals surface area (Å²) in [5.74, 6) is -0.402. The number of anilines is 1. The Kier molecular flexibility index (Phi) is 6.16. The predicted octanol–water partition coefficient (Wildman–Crippen LogP) is 4.57. The molecule has 0 fully saturated rings. The molecule has 0 spiro atoms. The van der Waals surface area contributed by atoms with Crippen LogP contribution in [0.2, 0.25) is 5.02 Å². The van der Waals surface area contributed by atoms with E-state index < -0.39 is 10.7 Å². The lowest BCUT2D eigenvalue weighted by Crippen LogP contribution is -2.15. The van der Waals surface area contributed by atoms with Gasteiger partial charge < -0.3 is 5.32 Å². The van der Waals surface area contributed by atoms with Gasteiger partial charge in [0, 0.05) is 28.5 Å². The summed E-state index contributed by atoms with van der Waals surface area (Å²) in [7, 11) is 0. The molecule has 8 heteroatoms. The van der Waals surface area contributed by atoms with Crippen LogP contribution < -0.4 is 5.32 Å². The molecule has 0 aliphatic carbocycles. The van der Waals surface area contributed by atoms with Gasteiger partial charge in [-0.1, -0.05) is 23.7 Å². The van der Waals surface area contributed by atoms with Gasteiger partial charge in [0.05, 0.1) is 16.4 Å². The number of hydrogen-bond donors (Lipinski definition) is 1. The Labute approximate surface area is 147 Å². The third-order valence-corrected chi connectivity index (χ3v) is 4.56. The van der Waals surface area contributed by atoms with Crippen molar-refractivity contribution in [2.75, 3.05) is 11.1 Å². The number of carbonyl (C=O) groups excluding carboxylic acids is 1. The molecular formula is C16H14ClFN2O3S. The first-order chi connectivity index (χ1) is 11.4. The molecule has 1 N–H and O–H groups in total. The summed E-state index contributed by atoms with van der Waals surface area (Å²) in [5, 5.41) is 13.7. The highest BCUT2D eigenvalue weighted by Gasteiger charge is 2.12. The van der Waals surface area contributed by atoms with E-state index in [9.17, 15) is 19.3 Å². The molecule has 24 heavy (non-hydrogen) atoms. The van der Waals surface area contributed by atoms with Gasteiger partial charge in [-0.3, -0.25) is 14.9 Å². The van der Waals surface area contributed by atoms with E-state index in [0.29, 0.717) is 16.3 Å². The van der Waals surface area contributed by atoms with Crippen LogP contribution in [0.4, 0.5) is 15.8 Å². The lowest BCUT2D eigenvalue weighted by Gasteiger charge is -2.09. The van der Waals surface area contributed by atoms with Gasteiger partial charge in [-0.15, -0.1) is 11.8 Å². The number of carbonyl (C=O) groups is 1. The van der Waals surface area contributed by atoms with Crippen LogP contribution in [0.15, 0.2) is 36.4 Å². The van der Waals surface area contributed by atoms with Gasteiger partial charge in [0.15, 0.2) is 0 Å². The third-order valence-electron chi connectivity index (χ3n) is 3.25. The predicted molar refractivity (Wildman–Crippen MR) is 94.0 cm³/mol. The Bertz CT molecular complexity index is 766. The number of nitro groups is 1. The van der Waals surface area contributed by atoms with Crippen LogP contribution in [0.5, 0.6) is 0 Å². The first kappa shape index (κ1) is 18.2. The van der Waals surface area contributed by atoms with Crippen LogP contribution in [0.3, 0.4) is 0 Å². The van der Waals surface area contributed by atoms with Gasteiger partial charge in [0.1, 0.15) is 5.82 Å². The molecule has 0 unspecified atom stereocenters. The zero-order valence-electron chi connectivity index (χ0n) is 12.7. The number of halogens is 2. The Hall–Kier alpha value is -2.12. The number of aryl methyl sites for hydroxylation is 1. The number of nitrogens with zero attached hydrogens (tertiary/aromatic N) is 1. The fourth-order valence-electron chi connectivity index (χ4n) is 1.96. The van der Waals surface area contributed by atoms with Gasteiger partial charge in [0.2, 0.25) is 5.91 Å². The van der Waals surface area contributed by atoms with Crippen molar-refractivity contribution in [1.29, 1.82) is 0 Å². The fourth-order valence-corrected chi connectivity index (χ4v) is 3.13. The van der Waals surface area contributed by atoms with Crippen LogP contribution in [0.1, 0.15) is 11.1 Å². The lowest BCUT2D eigenvalue weighted by molar-refractivity contribution is -0.384. The Balaban J connectivity index is 1.94. The van der Waals surface area contributed by atoms with E-state index >= 15 is 0 Å². The van der Waals surface area contributed by atoms with Crippen LogP contribution in [0.25, 0.3) is 0 Å². The normalized spacial score (nSPS) is 10.5. The molecule has 0 aliphatic rings. The van der Waals surface area contributed by atoms with Crippen molar-refractivity contribution >= 4 is 40.6 Å². The molecule has 0 radical (unpaired) electrons. The van der Waals surface area contributed by atoms with Crippen molar-refractivity contribution in [2.45, 2.75) is 12.7 Å². The molecule has 126 valence electrons. The molecule has 0 bridgehead atoms. The minimum Gasteiger partial charge on any atom is -0.325 e. The van der Waals surface area contributed by atoms with E-state index in [1.54, 1.807) is 19.1 Å². The maximum absolute atomic E-state index is 13.6. The summed E-state index contributed by atoms with van der Waals surface area (Å²) >= 11 is 7.13. The van der Waals surface area contributed by atoms with Crippen LogP contribution >= 0.6 is 23.4 Å². The Morgan fingerprint density at radius 2 is 2.12 bits per heavy atom. The Morgan fingerprint density at radius 1 is 1.38 bits per heavy atom.